The predicted molar refractivity (Wildman–Crippen MR) is 83.5 cm³/mol. The molecule has 0 atom stereocenters. The van der Waals surface area contributed by atoms with E-state index in [0.29, 0.717) is 28.8 Å². The van der Waals surface area contributed by atoms with E-state index in [-0.39, 0.29) is 16.1 Å². The first-order valence-corrected chi connectivity index (χ1v) is 7.12. The van der Waals surface area contributed by atoms with Gasteiger partial charge in [-0.1, -0.05) is 11.6 Å². The SMILES string of the molecule is CCn1c(C)c2c(=O)n(-c3ccc(F)cc3Cl)[nH]c2cc1=O. The maximum absolute atomic E-state index is 13.2. The number of hydrogen-bond acceptors (Lipinski definition) is 2. The van der Waals surface area contributed by atoms with Crippen molar-refractivity contribution in [2.75, 3.05) is 0 Å². The van der Waals surface area contributed by atoms with Gasteiger partial charge in [-0.3, -0.25) is 14.7 Å². The maximum Gasteiger partial charge on any atom is 0.280 e. The van der Waals surface area contributed by atoms with E-state index in [9.17, 15) is 14.0 Å². The monoisotopic (exact) mass is 321 g/mol. The minimum Gasteiger partial charge on any atom is -0.312 e. The molecule has 0 aliphatic carbocycles. The van der Waals surface area contributed by atoms with E-state index in [0.717, 1.165) is 6.07 Å². The fourth-order valence-corrected chi connectivity index (χ4v) is 2.89. The number of fused-ring (bicyclic) bond motifs is 1. The molecule has 0 amide bonds. The first kappa shape index (κ1) is 14.6. The number of benzene rings is 1. The molecule has 7 heteroatoms. The number of nitrogens with one attached hydrogen (secondary N) is 1. The molecule has 1 N–H and O–H groups in total. The highest BCUT2D eigenvalue weighted by molar-refractivity contribution is 6.32. The third-order valence-electron chi connectivity index (χ3n) is 3.69. The summed E-state index contributed by atoms with van der Waals surface area (Å²) >= 11 is 6.01. The molecule has 0 unspecified atom stereocenters. The highest BCUT2D eigenvalue weighted by Gasteiger charge is 2.16. The first-order valence-electron chi connectivity index (χ1n) is 6.74. The predicted octanol–water partition coefficient (Wildman–Crippen LogP) is 2.60. The molecular formula is C15H13ClFN3O2. The lowest BCUT2D eigenvalue weighted by molar-refractivity contribution is 0.627. The van der Waals surface area contributed by atoms with Crippen molar-refractivity contribution in [2.24, 2.45) is 0 Å². The third kappa shape index (κ3) is 2.07. The van der Waals surface area contributed by atoms with Gasteiger partial charge in [-0.25, -0.2) is 9.07 Å². The summed E-state index contributed by atoms with van der Waals surface area (Å²) in [6.07, 6.45) is 0. The highest BCUT2D eigenvalue weighted by Crippen LogP contribution is 2.21. The summed E-state index contributed by atoms with van der Waals surface area (Å²) in [5.41, 5.74) is 0.828. The van der Waals surface area contributed by atoms with E-state index >= 15 is 0 Å². The van der Waals surface area contributed by atoms with Crippen LogP contribution in [0.25, 0.3) is 16.6 Å². The van der Waals surface area contributed by atoms with Gasteiger partial charge >= 0.3 is 0 Å². The number of aromatic amines is 1. The first-order chi connectivity index (χ1) is 10.4. The van der Waals surface area contributed by atoms with Gasteiger partial charge in [0.1, 0.15) is 5.82 Å². The summed E-state index contributed by atoms with van der Waals surface area (Å²) in [4.78, 5) is 24.6. The van der Waals surface area contributed by atoms with E-state index in [4.69, 9.17) is 11.6 Å². The molecule has 0 spiro atoms. The van der Waals surface area contributed by atoms with Crippen LogP contribution in [-0.4, -0.2) is 14.3 Å². The van der Waals surface area contributed by atoms with Gasteiger partial charge in [0, 0.05) is 18.3 Å². The van der Waals surface area contributed by atoms with Crippen LogP contribution in [0.3, 0.4) is 0 Å². The van der Waals surface area contributed by atoms with Crippen molar-refractivity contribution >= 4 is 22.5 Å². The number of pyridine rings is 1. The van der Waals surface area contributed by atoms with Crippen LogP contribution in [0, 0.1) is 12.7 Å². The lowest BCUT2D eigenvalue weighted by Gasteiger charge is -2.05. The summed E-state index contributed by atoms with van der Waals surface area (Å²) in [7, 11) is 0. The number of nitrogens with zero attached hydrogens (tertiary/aromatic N) is 2. The topological polar surface area (TPSA) is 59.8 Å². The molecule has 0 aliphatic rings. The van der Waals surface area contributed by atoms with Crippen molar-refractivity contribution in [1.82, 2.24) is 14.3 Å². The Balaban J connectivity index is 2.38. The second-order valence-corrected chi connectivity index (χ2v) is 5.36. The zero-order valence-corrected chi connectivity index (χ0v) is 12.7. The van der Waals surface area contributed by atoms with Gasteiger partial charge in [0.2, 0.25) is 0 Å². The molecule has 3 aromatic rings. The Bertz CT molecular complexity index is 1000. The quantitative estimate of drug-likeness (QED) is 0.788. The average molecular weight is 322 g/mol. The molecular weight excluding hydrogens is 309 g/mol. The Morgan fingerprint density at radius 1 is 1.27 bits per heavy atom. The molecule has 3 rings (SSSR count). The fraction of sp³-hybridized carbons (Fsp3) is 0.200. The van der Waals surface area contributed by atoms with Crippen LogP contribution in [0.5, 0.6) is 0 Å². The molecule has 0 radical (unpaired) electrons. The van der Waals surface area contributed by atoms with Crippen molar-refractivity contribution in [3.63, 3.8) is 0 Å². The van der Waals surface area contributed by atoms with Crippen LogP contribution in [0.1, 0.15) is 12.6 Å². The van der Waals surface area contributed by atoms with Gasteiger partial charge in [-0.15, -0.1) is 0 Å². The average Bonchev–Trinajstić information content (AvgIpc) is 2.76. The molecule has 2 aromatic heterocycles. The molecule has 22 heavy (non-hydrogen) atoms. The van der Waals surface area contributed by atoms with Gasteiger partial charge < -0.3 is 4.57 Å². The smallest absolute Gasteiger partial charge is 0.280 e. The molecule has 2 heterocycles. The Morgan fingerprint density at radius 3 is 2.64 bits per heavy atom. The number of rotatable bonds is 2. The van der Waals surface area contributed by atoms with E-state index in [1.54, 1.807) is 6.92 Å². The number of halogens is 2. The number of hydrogen-bond donors (Lipinski definition) is 1. The number of aryl methyl sites for hydroxylation is 1. The van der Waals surface area contributed by atoms with E-state index < -0.39 is 5.82 Å². The normalized spacial score (nSPS) is 11.3. The summed E-state index contributed by atoms with van der Waals surface area (Å²) in [5, 5.41) is 3.38. The maximum atomic E-state index is 13.2. The van der Waals surface area contributed by atoms with Crippen molar-refractivity contribution in [3.8, 4) is 5.69 Å². The van der Waals surface area contributed by atoms with Crippen LogP contribution in [-0.2, 0) is 6.54 Å². The van der Waals surface area contributed by atoms with Crippen LogP contribution in [0.15, 0.2) is 33.9 Å². The van der Waals surface area contributed by atoms with Gasteiger partial charge in [0.05, 0.1) is 21.6 Å². The summed E-state index contributed by atoms with van der Waals surface area (Å²) in [6.45, 7) is 4.03. The summed E-state index contributed by atoms with van der Waals surface area (Å²) in [5.74, 6) is -0.486. The standard InChI is InChI=1S/C15H13ClFN3O2/c1-3-19-8(2)14-11(7-13(19)21)18-20(15(14)22)12-5-4-9(17)6-10(12)16/h4-7,18H,3H2,1-2H3. The zero-order valence-electron chi connectivity index (χ0n) is 12.0. The third-order valence-corrected chi connectivity index (χ3v) is 3.99. The largest absolute Gasteiger partial charge is 0.312 e. The molecule has 114 valence electrons. The highest BCUT2D eigenvalue weighted by atomic mass is 35.5. The fourth-order valence-electron chi connectivity index (χ4n) is 2.64. The molecule has 0 saturated carbocycles. The Kier molecular flexibility index (Phi) is 3.41. The minimum absolute atomic E-state index is 0.108. The summed E-state index contributed by atoms with van der Waals surface area (Å²) in [6, 6.07) is 5.14. The Morgan fingerprint density at radius 2 is 2.00 bits per heavy atom. The van der Waals surface area contributed by atoms with Crippen molar-refractivity contribution in [1.29, 1.82) is 0 Å². The molecule has 0 bridgehead atoms. The second kappa shape index (κ2) is 5.14. The Labute approximate surface area is 129 Å². The van der Waals surface area contributed by atoms with Crippen LogP contribution < -0.4 is 11.1 Å². The van der Waals surface area contributed by atoms with Gasteiger partial charge in [0.15, 0.2) is 0 Å². The molecule has 0 aliphatic heterocycles. The number of aromatic nitrogens is 3. The molecule has 0 fully saturated rings. The molecule has 5 nitrogen and oxygen atoms in total. The second-order valence-electron chi connectivity index (χ2n) is 4.95. The van der Waals surface area contributed by atoms with E-state index in [1.165, 1.54) is 27.4 Å². The van der Waals surface area contributed by atoms with Gasteiger partial charge in [0.25, 0.3) is 11.1 Å². The van der Waals surface area contributed by atoms with Crippen LogP contribution >= 0.6 is 11.6 Å². The zero-order chi connectivity index (χ0) is 16.0. The minimum atomic E-state index is -0.486. The van der Waals surface area contributed by atoms with Crippen LogP contribution in [0.4, 0.5) is 4.39 Å². The Hall–Kier alpha value is -2.34. The summed E-state index contributed by atoms with van der Waals surface area (Å²) < 4.78 is 15.9. The van der Waals surface area contributed by atoms with E-state index in [1.807, 2.05) is 6.92 Å². The van der Waals surface area contributed by atoms with E-state index in [2.05, 4.69) is 5.10 Å². The molecule has 1 aromatic carbocycles. The number of H-pyrrole nitrogens is 1. The van der Waals surface area contributed by atoms with Crippen molar-refractivity contribution in [2.45, 2.75) is 20.4 Å². The lowest BCUT2D eigenvalue weighted by Crippen LogP contribution is -2.22. The lowest BCUT2D eigenvalue weighted by atomic mass is 10.2. The van der Waals surface area contributed by atoms with Gasteiger partial charge in [-0.2, -0.15) is 0 Å². The van der Waals surface area contributed by atoms with Crippen molar-refractivity contribution < 1.29 is 4.39 Å². The van der Waals surface area contributed by atoms with Crippen molar-refractivity contribution in [3.05, 3.63) is 61.5 Å². The van der Waals surface area contributed by atoms with Gasteiger partial charge in [-0.05, 0) is 32.0 Å². The van der Waals surface area contributed by atoms with Crippen LogP contribution in [0.2, 0.25) is 5.02 Å². The molecule has 0 saturated heterocycles.